The number of aromatic nitrogens is 1. The summed E-state index contributed by atoms with van der Waals surface area (Å²) in [7, 11) is 0. The molecule has 5 heteroatoms. The number of benzene rings is 1. The van der Waals surface area contributed by atoms with Gasteiger partial charge in [0, 0.05) is 10.6 Å². The Hall–Kier alpha value is -2.17. The van der Waals surface area contributed by atoms with Crippen LogP contribution in [0.2, 0.25) is 5.02 Å². The fraction of sp³-hybridized carbons (Fsp3) is 0.0588. The van der Waals surface area contributed by atoms with E-state index in [0.717, 1.165) is 16.3 Å². The van der Waals surface area contributed by atoms with Crippen molar-refractivity contribution in [1.29, 1.82) is 0 Å². The highest BCUT2D eigenvalue weighted by Gasteiger charge is 2.14. The first-order valence-corrected chi connectivity index (χ1v) is 7.82. The average molecular weight is 330 g/mol. The van der Waals surface area contributed by atoms with Gasteiger partial charge < -0.3 is 4.42 Å². The molecule has 110 valence electrons. The number of hydrogen-bond donors (Lipinski definition) is 0. The summed E-state index contributed by atoms with van der Waals surface area (Å²) in [5.41, 5.74) is 1.68. The smallest absolute Gasteiger partial charge is 0.197 e. The van der Waals surface area contributed by atoms with E-state index >= 15 is 0 Å². The number of nitrogens with zero attached hydrogens (tertiary/aromatic N) is 1. The highest BCUT2D eigenvalue weighted by atomic mass is 35.5. The highest BCUT2D eigenvalue weighted by Crippen LogP contribution is 2.29. The summed E-state index contributed by atoms with van der Waals surface area (Å²) in [6.45, 7) is 1.84. The van der Waals surface area contributed by atoms with Gasteiger partial charge in [-0.1, -0.05) is 23.7 Å². The van der Waals surface area contributed by atoms with Crippen LogP contribution in [0.3, 0.4) is 0 Å². The van der Waals surface area contributed by atoms with Crippen molar-refractivity contribution < 1.29 is 9.21 Å². The molecule has 0 aliphatic carbocycles. The van der Waals surface area contributed by atoms with Gasteiger partial charge in [0.1, 0.15) is 10.8 Å². The molecular weight excluding hydrogens is 318 g/mol. The number of halogens is 1. The minimum Gasteiger partial charge on any atom is -0.465 e. The molecule has 0 spiro atoms. The van der Waals surface area contributed by atoms with Crippen LogP contribution in [-0.2, 0) is 0 Å². The van der Waals surface area contributed by atoms with Crippen LogP contribution < -0.4 is 0 Å². The van der Waals surface area contributed by atoms with Gasteiger partial charge in [-0.15, -0.1) is 11.3 Å². The molecule has 1 aromatic carbocycles. The van der Waals surface area contributed by atoms with Gasteiger partial charge in [0.2, 0.25) is 0 Å². The molecule has 0 unspecified atom stereocenters. The molecule has 0 amide bonds. The van der Waals surface area contributed by atoms with E-state index in [1.807, 2.05) is 31.2 Å². The molecule has 0 saturated heterocycles. The largest absolute Gasteiger partial charge is 0.465 e. The number of carbonyl (C=O) groups is 1. The summed E-state index contributed by atoms with van der Waals surface area (Å²) in [5, 5.41) is 1.48. The second-order valence-electron chi connectivity index (χ2n) is 4.65. The van der Waals surface area contributed by atoms with E-state index < -0.39 is 0 Å². The Kier molecular flexibility index (Phi) is 4.22. The zero-order valence-corrected chi connectivity index (χ0v) is 13.3. The lowest BCUT2D eigenvalue weighted by atomic mass is 10.2. The molecule has 0 fully saturated rings. The summed E-state index contributed by atoms with van der Waals surface area (Å²) < 4.78 is 5.17. The molecule has 2 aromatic heterocycles. The molecule has 3 aromatic rings. The van der Waals surface area contributed by atoms with Crippen molar-refractivity contribution >= 4 is 34.8 Å². The van der Waals surface area contributed by atoms with Crippen molar-refractivity contribution in [3.05, 3.63) is 70.1 Å². The second kappa shape index (κ2) is 6.30. The van der Waals surface area contributed by atoms with Crippen molar-refractivity contribution in [2.24, 2.45) is 0 Å². The van der Waals surface area contributed by atoms with E-state index in [-0.39, 0.29) is 5.78 Å². The maximum Gasteiger partial charge on any atom is 0.197 e. The summed E-state index contributed by atoms with van der Waals surface area (Å²) in [4.78, 5) is 17.4. The van der Waals surface area contributed by atoms with Crippen molar-refractivity contribution in [1.82, 2.24) is 4.98 Å². The van der Waals surface area contributed by atoms with Crippen LogP contribution in [-0.4, -0.2) is 10.8 Å². The molecule has 0 saturated carbocycles. The molecule has 0 aliphatic rings. The lowest BCUT2D eigenvalue weighted by Gasteiger charge is -1.95. The van der Waals surface area contributed by atoms with E-state index in [1.54, 1.807) is 24.5 Å². The SMILES string of the molecule is Cc1nc(-c2ccc(Cl)cc2)sc1C(=O)C=Cc1ccco1. The van der Waals surface area contributed by atoms with E-state index in [2.05, 4.69) is 4.98 Å². The maximum atomic E-state index is 12.3. The number of hydrogen-bond acceptors (Lipinski definition) is 4. The first-order valence-electron chi connectivity index (χ1n) is 6.63. The Morgan fingerprint density at radius 3 is 2.73 bits per heavy atom. The Labute approximate surface area is 136 Å². The summed E-state index contributed by atoms with van der Waals surface area (Å²) in [6.07, 6.45) is 4.73. The quantitative estimate of drug-likeness (QED) is 0.484. The number of allylic oxidation sites excluding steroid dienone is 1. The number of rotatable bonds is 4. The van der Waals surface area contributed by atoms with E-state index in [9.17, 15) is 4.79 Å². The molecule has 22 heavy (non-hydrogen) atoms. The fourth-order valence-electron chi connectivity index (χ4n) is 1.96. The van der Waals surface area contributed by atoms with Crippen LogP contribution in [0.5, 0.6) is 0 Å². The zero-order chi connectivity index (χ0) is 15.5. The highest BCUT2D eigenvalue weighted by molar-refractivity contribution is 7.17. The first kappa shape index (κ1) is 14.8. The Morgan fingerprint density at radius 2 is 2.05 bits per heavy atom. The van der Waals surface area contributed by atoms with Gasteiger partial charge in [0.25, 0.3) is 0 Å². The topological polar surface area (TPSA) is 43.1 Å². The minimum atomic E-state index is -0.0772. The molecular formula is C17H12ClNO2S. The number of thiazole rings is 1. The summed E-state index contributed by atoms with van der Waals surface area (Å²) in [6, 6.07) is 11.0. The van der Waals surface area contributed by atoms with E-state index in [4.69, 9.17) is 16.0 Å². The van der Waals surface area contributed by atoms with Crippen LogP contribution in [0.4, 0.5) is 0 Å². The number of ketones is 1. The van der Waals surface area contributed by atoms with E-state index in [1.165, 1.54) is 17.4 Å². The van der Waals surface area contributed by atoms with E-state index in [0.29, 0.717) is 15.7 Å². The molecule has 0 radical (unpaired) electrons. The molecule has 0 aliphatic heterocycles. The number of aryl methyl sites for hydroxylation is 1. The van der Waals surface area contributed by atoms with Gasteiger partial charge in [-0.2, -0.15) is 0 Å². The van der Waals surface area contributed by atoms with Gasteiger partial charge in [-0.3, -0.25) is 4.79 Å². The predicted octanol–water partition coefficient (Wildman–Crippen LogP) is 5.26. The number of furan rings is 1. The van der Waals surface area contributed by atoms with Crippen molar-refractivity contribution in [3.8, 4) is 10.6 Å². The van der Waals surface area contributed by atoms with Gasteiger partial charge in [0.15, 0.2) is 5.78 Å². The van der Waals surface area contributed by atoms with Crippen molar-refractivity contribution in [2.45, 2.75) is 6.92 Å². The van der Waals surface area contributed by atoms with Gasteiger partial charge in [-0.05, 0) is 43.3 Å². The Balaban J connectivity index is 1.85. The lowest BCUT2D eigenvalue weighted by Crippen LogP contribution is -1.92. The minimum absolute atomic E-state index is 0.0772. The maximum absolute atomic E-state index is 12.3. The Bertz CT molecular complexity index is 817. The normalized spacial score (nSPS) is 11.2. The van der Waals surface area contributed by atoms with Crippen molar-refractivity contribution in [2.75, 3.05) is 0 Å². The fourth-order valence-corrected chi connectivity index (χ4v) is 3.08. The lowest BCUT2D eigenvalue weighted by molar-refractivity contribution is 0.105. The van der Waals surface area contributed by atoms with Gasteiger partial charge in [0.05, 0.1) is 16.8 Å². The molecule has 3 nitrogen and oxygen atoms in total. The van der Waals surface area contributed by atoms with Crippen LogP contribution >= 0.6 is 22.9 Å². The third-order valence-electron chi connectivity index (χ3n) is 3.05. The van der Waals surface area contributed by atoms with Gasteiger partial charge in [-0.25, -0.2) is 4.98 Å². The monoisotopic (exact) mass is 329 g/mol. The number of carbonyl (C=O) groups excluding carboxylic acids is 1. The van der Waals surface area contributed by atoms with Crippen LogP contribution in [0, 0.1) is 6.92 Å². The summed E-state index contributed by atoms with van der Waals surface area (Å²) >= 11 is 7.27. The summed E-state index contributed by atoms with van der Waals surface area (Å²) in [5.74, 6) is 0.569. The predicted molar refractivity (Wildman–Crippen MR) is 89.4 cm³/mol. The second-order valence-corrected chi connectivity index (χ2v) is 6.09. The molecule has 0 N–H and O–H groups in total. The molecule has 0 bridgehead atoms. The third-order valence-corrected chi connectivity index (χ3v) is 4.53. The van der Waals surface area contributed by atoms with Crippen LogP contribution in [0.1, 0.15) is 21.1 Å². The molecule has 0 atom stereocenters. The molecule has 3 rings (SSSR count). The zero-order valence-electron chi connectivity index (χ0n) is 11.7. The average Bonchev–Trinajstić information content (AvgIpc) is 3.15. The van der Waals surface area contributed by atoms with Gasteiger partial charge >= 0.3 is 0 Å². The standard InChI is InChI=1S/C17H12ClNO2S/c1-11-16(15(20)9-8-14-3-2-10-21-14)22-17(19-11)12-4-6-13(18)7-5-12/h2-10H,1H3. The first-order chi connectivity index (χ1) is 10.6. The van der Waals surface area contributed by atoms with Crippen LogP contribution in [0.25, 0.3) is 16.6 Å². The third kappa shape index (κ3) is 3.18. The molecule has 2 heterocycles. The Morgan fingerprint density at radius 1 is 1.27 bits per heavy atom. The van der Waals surface area contributed by atoms with Crippen molar-refractivity contribution in [3.63, 3.8) is 0 Å². The van der Waals surface area contributed by atoms with Crippen LogP contribution in [0.15, 0.2) is 53.2 Å².